The fourth-order valence-corrected chi connectivity index (χ4v) is 3.55. The number of hydrogen-bond acceptors (Lipinski definition) is 7. The first-order valence-corrected chi connectivity index (χ1v) is 9.46. The fourth-order valence-electron chi connectivity index (χ4n) is 2.90. The second kappa shape index (κ2) is 6.91. The third-order valence-electron chi connectivity index (χ3n) is 4.32. The predicted molar refractivity (Wildman–Crippen MR) is 101 cm³/mol. The van der Waals surface area contributed by atoms with E-state index in [0.717, 1.165) is 17.7 Å². The highest BCUT2D eigenvalue weighted by Crippen LogP contribution is 2.19. The molecule has 0 aliphatic heterocycles. The summed E-state index contributed by atoms with van der Waals surface area (Å²) >= 11 is 1.53. The zero-order valence-corrected chi connectivity index (χ0v) is 15.7. The smallest absolute Gasteiger partial charge is 0.324 e. The summed E-state index contributed by atoms with van der Waals surface area (Å²) in [6.07, 6.45) is 1.75. The first-order valence-electron chi connectivity index (χ1n) is 8.58. The highest BCUT2D eigenvalue weighted by Gasteiger charge is 2.17. The molecule has 0 bridgehead atoms. The van der Waals surface area contributed by atoms with Crippen molar-refractivity contribution in [3.8, 4) is 10.7 Å². The van der Waals surface area contributed by atoms with Crippen molar-refractivity contribution in [1.29, 1.82) is 0 Å². The molecule has 0 aromatic carbocycles. The zero-order chi connectivity index (χ0) is 19.0. The van der Waals surface area contributed by atoms with Crippen LogP contribution in [0.15, 0.2) is 27.1 Å². The van der Waals surface area contributed by atoms with Crippen LogP contribution in [0.3, 0.4) is 0 Å². The first kappa shape index (κ1) is 17.3. The molecular weight excluding hydrogens is 368 g/mol. The van der Waals surface area contributed by atoms with Crippen molar-refractivity contribution in [2.24, 2.45) is 7.05 Å². The third kappa shape index (κ3) is 3.10. The average molecular weight is 386 g/mol. The van der Waals surface area contributed by atoms with E-state index in [2.05, 4.69) is 25.4 Å². The van der Waals surface area contributed by atoms with Gasteiger partial charge in [-0.3, -0.25) is 14.3 Å². The Kier molecular flexibility index (Phi) is 4.44. The summed E-state index contributed by atoms with van der Waals surface area (Å²) in [4.78, 5) is 33.7. The van der Waals surface area contributed by atoms with E-state index in [1.165, 1.54) is 20.7 Å². The van der Waals surface area contributed by atoms with Crippen LogP contribution in [0.1, 0.15) is 25.6 Å². The van der Waals surface area contributed by atoms with Gasteiger partial charge in [0.25, 0.3) is 5.56 Å². The quantitative estimate of drug-likeness (QED) is 0.528. The Labute approximate surface area is 157 Å². The van der Waals surface area contributed by atoms with E-state index in [1.807, 2.05) is 24.4 Å². The number of imidazole rings is 1. The average Bonchev–Trinajstić information content (AvgIpc) is 3.36. The maximum absolute atomic E-state index is 12.3. The monoisotopic (exact) mass is 386 g/mol. The number of H-pyrrole nitrogens is 1. The molecule has 11 heteroatoms. The lowest BCUT2D eigenvalue weighted by molar-refractivity contribution is 0.544. The first-order chi connectivity index (χ1) is 13.1. The number of nitrogens with one attached hydrogen (secondary N) is 1. The van der Waals surface area contributed by atoms with Crippen molar-refractivity contribution in [3.63, 3.8) is 0 Å². The maximum atomic E-state index is 12.3. The van der Waals surface area contributed by atoms with Crippen LogP contribution < -0.4 is 11.2 Å². The standard InChI is InChI=1S/C16H18N8O2S/c1-3-4-7-23-14-12(15(25)18-16(23)26)22(2)11(17-14)9-24-20-13(19-21-24)10-6-5-8-27-10/h5-6,8H,3-4,7,9H2,1-2H3,(H,18,25,26). The summed E-state index contributed by atoms with van der Waals surface area (Å²) in [6, 6.07) is 3.85. The molecule has 0 radical (unpaired) electrons. The van der Waals surface area contributed by atoms with Crippen molar-refractivity contribution in [1.82, 2.24) is 39.3 Å². The van der Waals surface area contributed by atoms with Crippen LogP contribution in [0.5, 0.6) is 0 Å². The number of thiophene rings is 1. The summed E-state index contributed by atoms with van der Waals surface area (Å²) in [7, 11) is 1.74. The molecule has 0 aliphatic carbocycles. The molecule has 0 saturated heterocycles. The van der Waals surface area contributed by atoms with Gasteiger partial charge in [-0.2, -0.15) is 4.80 Å². The van der Waals surface area contributed by atoms with Crippen LogP contribution in [-0.2, 0) is 20.1 Å². The van der Waals surface area contributed by atoms with Crippen molar-refractivity contribution >= 4 is 22.5 Å². The Morgan fingerprint density at radius 1 is 1.30 bits per heavy atom. The molecule has 4 aromatic heterocycles. The van der Waals surface area contributed by atoms with Crippen LogP contribution >= 0.6 is 11.3 Å². The molecule has 0 saturated carbocycles. The number of hydrogen-bond donors (Lipinski definition) is 1. The molecule has 140 valence electrons. The Bertz CT molecular complexity index is 1200. The van der Waals surface area contributed by atoms with Crippen molar-refractivity contribution < 1.29 is 0 Å². The summed E-state index contributed by atoms with van der Waals surface area (Å²) in [5.41, 5.74) is -0.146. The fraction of sp³-hybridized carbons (Fsp3) is 0.375. The SMILES string of the molecule is CCCCn1c(=O)[nH]c(=O)c2c1nc(Cn1nnc(-c3cccs3)n1)n2C. The van der Waals surface area contributed by atoms with E-state index in [-0.39, 0.29) is 6.54 Å². The molecule has 27 heavy (non-hydrogen) atoms. The van der Waals surface area contributed by atoms with Crippen LogP contribution in [-0.4, -0.2) is 39.3 Å². The van der Waals surface area contributed by atoms with E-state index in [9.17, 15) is 9.59 Å². The Morgan fingerprint density at radius 3 is 2.89 bits per heavy atom. The lowest BCUT2D eigenvalue weighted by Crippen LogP contribution is -2.31. The van der Waals surface area contributed by atoms with Crippen molar-refractivity contribution in [3.05, 3.63) is 44.2 Å². The maximum Gasteiger partial charge on any atom is 0.330 e. The zero-order valence-electron chi connectivity index (χ0n) is 14.9. The number of nitrogens with zero attached hydrogens (tertiary/aromatic N) is 7. The van der Waals surface area contributed by atoms with E-state index in [4.69, 9.17) is 0 Å². The molecule has 0 fully saturated rings. The van der Waals surface area contributed by atoms with Crippen LogP contribution in [0.4, 0.5) is 0 Å². The van der Waals surface area contributed by atoms with Crippen molar-refractivity contribution in [2.45, 2.75) is 32.9 Å². The minimum absolute atomic E-state index is 0.241. The van der Waals surface area contributed by atoms with Gasteiger partial charge in [-0.25, -0.2) is 9.78 Å². The number of aromatic nitrogens is 8. The van der Waals surface area contributed by atoms with Gasteiger partial charge in [-0.1, -0.05) is 19.4 Å². The second-order valence-corrected chi connectivity index (χ2v) is 7.09. The van der Waals surface area contributed by atoms with Gasteiger partial charge in [0.15, 0.2) is 11.2 Å². The van der Waals surface area contributed by atoms with Gasteiger partial charge in [0.2, 0.25) is 5.82 Å². The van der Waals surface area contributed by atoms with Crippen LogP contribution in [0.2, 0.25) is 0 Å². The van der Waals surface area contributed by atoms with Gasteiger partial charge in [0.05, 0.1) is 4.88 Å². The highest BCUT2D eigenvalue weighted by molar-refractivity contribution is 7.13. The van der Waals surface area contributed by atoms with E-state index >= 15 is 0 Å². The number of aryl methyl sites for hydroxylation is 2. The Morgan fingerprint density at radius 2 is 2.15 bits per heavy atom. The molecule has 0 aliphatic rings. The molecule has 0 amide bonds. The number of fused-ring (bicyclic) bond motifs is 1. The molecule has 4 aromatic rings. The largest absolute Gasteiger partial charge is 0.330 e. The van der Waals surface area contributed by atoms with Gasteiger partial charge in [-0.15, -0.1) is 21.5 Å². The number of unbranched alkanes of at least 4 members (excludes halogenated alkanes) is 1. The molecule has 10 nitrogen and oxygen atoms in total. The third-order valence-corrected chi connectivity index (χ3v) is 5.18. The molecular formula is C16H18N8O2S. The van der Waals surface area contributed by atoms with Gasteiger partial charge >= 0.3 is 5.69 Å². The van der Waals surface area contributed by atoms with Crippen LogP contribution in [0.25, 0.3) is 21.9 Å². The summed E-state index contributed by atoms with van der Waals surface area (Å²) < 4.78 is 3.18. The number of tetrazole rings is 1. The molecule has 1 N–H and O–H groups in total. The Hall–Kier alpha value is -3.08. The van der Waals surface area contributed by atoms with E-state index < -0.39 is 11.2 Å². The topological polar surface area (TPSA) is 116 Å². The van der Waals surface area contributed by atoms with Crippen LogP contribution in [0, 0.1) is 0 Å². The molecule has 0 unspecified atom stereocenters. The number of rotatable bonds is 6. The van der Waals surface area contributed by atoms with Gasteiger partial charge < -0.3 is 4.57 Å². The predicted octanol–water partition coefficient (Wildman–Crippen LogP) is 0.987. The minimum Gasteiger partial charge on any atom is -0.324 e. The lowest BCUT2D eigenvalue weighted by Gasteiger charge is -2.04. The Balaban J connectivity index is 1.74. The lowest BCUT2D eigenvalue weighted by atomic mass is 10.3. The number of aromatic amines is 1. The van der Waals surface area contributed by atoms with E-state index in [1.54, 1.807) is 11.6 Å². The van der Waals surface area contributed by atoms with Gasteiger partial charge in [0, 0.05) is 13.6 Å². The highest BCUT2D eigenvalue weighted by atomic mass is 32.1. The summed E-state index contributed by atoms with van der Waals surface area (Å²) in [5.74, 6) is 1.11. The van der Waals surface area contributed by atoms with Gasteiger partial charge in [-0.05, 0) is 23.1 Å². The second-order valence-electron chi connectivity index (χ2n) is 6.14. The molecule has 4 heterocycles. The normalized spacial score (nSPS) is 11.5. The molecule has 0 spiro atoms. The van der Waals surface area contributed by atoms with E-state index in [0.29, 0.717) is 29.4 Å². The molecule has 4 rings (SSSR count). The van der Waals surface area contributed by atoms with Crippen molar-refractivity contribution in [2.75, 3.05) is 0 Å². The summed E-state index contributed by atoms with van der Waals surface area (Å²) in [6.45, 7) is 2.79. The molecule has 0 atom stereocenters. The minimum atomic E-state index is -0.449. The summed E-state index contributed by atoms with van der Waals surface area (Å²) in [5, 5.41) is 14.4. The van der Waals surface area contributed by atoms with Gasteiger partial charge in [0.1, 0.15) is 12.4 Å².